The summed E-state index contributed by atoms with van der Waals surface area (Å²) in [4.78, 5) is 0. The fourth-order valence-corrected chi connectivity index (χ4v) is 2.90. The molecule has 4 rings (SSSR count). The molecular formula is C21H15. The smallest absolute Gasteiger partial charge is 0.0137 e. The van der Waals surface area contributed by atoms with Crippen molar-refractivity contribution in [3.05, 3.63) is 96.4 Å². The average Bonchev–Trinajstić information content (AvgIpc) is 3.04. The van der Waals surface area contributed by atoms with Crippen molar-refractivity contribution in [3.63, 3.8) is 0 Å². The molecule has 99 valence electrons. The first-order valence-electron chi connectivity index (χ1n) is 7.22. The molecule has 0 fully saturated rings. The lowest BCUT2D eigenvalue weighted by Crippen LogP contribution is -1.90. The van der Waals surface area contributed by atoms with E-state index in [0.29, 0.717) is 0 Å². The third-order valence-corrected chi connectivity index (χ3v) is 3.94. The molecule has 0 unspecified atom stereocenters. The summed E-state index contributed by atoms with van der Waals surface area (Å²) in [6.45, 7) is 0. The van der Waals surface area contributed by atoms with E-state index >= 15 is 0 Å². The Bertz CT molecular complexity index is 796. The molecular weight excluding hydrogens is 252 g/mol. The summed E-state index contributed by atoms with van der Waals surface area (Å²) in [6.07, 6.45) is 6.52. The van der Waals surface area contributed by atoms with Crippen LogP contribution in [0.1, 0.15) is 11.1 Å². The third kappa shape index (κ3) is 2.19. The van der Waals surface area contributed by atoms with Crippen molar-refractivity contribution in [3.8, 4) is 22.3 Å². The second-order valence-corrected chi connectivity index (χ2v) is 5.28. The minimum absolute atomic E-state index is 1.26. The molecule has 21 heavy (non-hydrogen) atoms. The van der Waals surface area contributed by atoms with E-state index in [2.05, 4.69) is 91.4 Å². The Labute approximate surface area is 125 Å². The van der Waals surface area contributed by atoms with E-state index < -0.39 is 0 Å². The Hall–Kier alpha value is -2.60. The number of rotatable bonds is 2. The standard InChI is InChI=1S/C21H15/c1-3-8-16(9-4-1)19-14-18-12-7-13-20(18)21(15-19)17-10-5-2-6-11-17/h1-15H. The minimum atomic E-state index is 1.26. The van der Waals surface area contributed by atoms with Gasteiger partial charge in [-0.2, -0.15) is 0 Å². The largest absolute Gasteiger partial charge is 0.0754 e. The summed E-state index contributed by atoms with van der Waals surface area (Å²) in [5.74, 6) is 0. The second kappa shape index (κ2) is 5.06. The molecule has 0 N–H and O–H groups in total. The topological polar surface area (TPSA) is 0 Å². The van der Waals surface area contributed by atoms with Crippen molar-refractivity contribution in [2.24, 2.45) is 0 Å². The van der Waals surface area contributed by atoms with E-state index in [1.165, 1.54) is 33.4 Å². The van der Waals surface area contributed by atoms with Crippen molar-refractivity contribution in [2.75, 3.05) is 0 Å². The molecule has 0 amide bonds. The summed E-state index contributed by atoms with van der Waals surface area (Å²) in [6, 6.07) is 25.8. The zero-order chi connectivity index (χ0) is 14.1. The van der Waals surface area contributed by atoms with Crippen molar-refractivity contribution < 1.29 is 0 Å². The molecule has 0 heteroatoms. The zero-order valence-electron chi connectivity index (χ0n) is 11.7. The second-order valence-electron chi connectivity index (χ2n) is 5.28. The van der Waals surface area contributed by atoms with Gasteiger partial charge in [0.25, 0.3) is 0 Å². The van der Waals surface area contributed by atoms with E-state index in [0.717, 1.165) is 0 Å². The van der Waals surface area contributed by atoms with Crippen LogP contribution in [0, 0.1) is 6.42 Å². The molecule has 0 nitrogen and oxygen atoms in total. The third-order valence-electron chi connectivity index (χ3n) is 3.94. The van der Waals surface area contributed by atoms with Crippen LogP contribution < -0.4 is 0 Å². The number of hydrogen-bond acceptors (Lipinski definition) is 0. The van der Waals surface area contributed by atoms with Gasteiger partial charge in [-0.3, -0.25) is 0 Å². The minimum Gasteiger partial charge on any atom is -0.0754 e. The first-order valence-corrected chi connectivity index (χ1v) is 7.22. The lowest BCUT2D eigenvalue weighted by molar-refractivity contribution is 1.50. The molecule has 0 bridgehead atoms. The van der Waals surface area contributed by atoms with Crippen LogP contribution in [0.4, 0.5) is 0 Å². The predicted octanol–water partition coefficient (Wildman–Crippen LogP) is 5.60. The average molecular weight is 267 g/mol. The summed E-state index contributed by atoms with van der Waals surface area (Å²) in [7, 11) is 0. The lowest BCUT2D eigenvalue weighted by Gasteiger charge is -2.12. The Morgan fingerprint density at radius 1 is 0.571 bits per heavy atom. The van der Waals surface area contributed by atoms with Crippen molar-refractivity contribution in [1.82, 2.24) is 0 Å². The number of benzene rings is 3. The molecule has 0 aromatic heterocycles. The zero-order valence-corrected chi connectivity index (χ0v) is 11.7. The van der Waals surface area contributed by atoms with Gasteiger partial charge in [-0.1, -0.05) is 72.8 Å². The highest BCUT2D eigenvalue weighted by Gasteiger charge is 2.14. The van der Waals surface area contributed by atoms with Crippen LogP contribution >= 0.6 is 0 Å². The van der Waals surface area contributed by atoms with Gasteiger partial charge < -0.3 is 0 Å². The number of hydrogen-bond donors (Lipinski definition) is 0. The van der Waals surface area contributed by atoms with Crippen LogP contribution in [0.15, 0.2) is 78.9 Å². The molecule has 0 saturated carbocycles. The summed E-state index contributed by atoms with van der Waals surface area (Å²) in [5.41, 5.74) is 7.73. The van der Waals surface area contributed by atoms with Crippen LogP contribution in [0.5, 0.6) is 0 Å². The number of fused-ring (bicyclic) bond motifs is 1. The quantitative estimate of drug-likeness (QED) is 0.567. The maximum atomic E-state index is 2.30. The predicted molar refractivity (Wildman–Crippen MR) is 89.8 cm³/mol. The van der Waals surface area contributed by atoms with Crippen LogP contribution in [0.2, 0.25) is 0 Å². The van der Waals surface area contributed by atoms with Crippen LogP contribution in [0.25, 0.3) is 28.3 Å². The molecule has 3 aromatic rings. The monoisotopic (exact) mass is 267 g/mol. The van der Waals surface area contributed by atoms with Gasteiger partial charge in [0.2, 0.25) is 0 Å². The van der Waals surface area contributed by atoms with Gasteiger partial charge in [0.1, 0.15) is 0 Å². The van der Waals surface area contributed by atoms with Gasteiger partial charge in [-0.25, -0.2) is 0 Å². The molecule has 0 atom stereocenters. The Kier molecular flexibility index (Phi) is 2.93. The molecule has 1 aliphatic rings. The van der Waals surface area contributed by atoms with E-state index in [1.54, 1.807) is 0 Å². The maximum absolute atomic E-state index is 2.30. The first kappa shape index (κ1) is 12.2. The van der Waals surface area contributed by atoms with Gasteiger partial charge in [0, 0.05) is 6.42 Å². The maximum Gasteiger partial charge on any atom is 0.0137 e. The molecule has 3 aromatic carbocycles. The highest BCUT2D eigenvalue weighted by Crippen LogP contribution is 2.36. The molecule has 0 saturated heterocycles. The van der Waals surface area contributed by atoms with Crippen molar-refractivity contribution >= 4 is 6.08 Å². The molecule has 1 aliphatic carbocycles. The fourth-order valence-electron chi connectivity index (χ4n) is 2.90. The molecule has 0 spiro atoms. The highest BCUT2D eigenvalue weighted by molar-refractivity contribution is 5.84. The Balaban J connectivity index is 1.94. The van der Waals surface area contributed by atoms with Gasteiger partial charge in [0.15, 0.2) is 0 Å². The van der Waals surface area contributed by atoms with Crippen LogP contribution in [0.3, 0.4) is 0 Å². The van der Waals surface area contributed by atoms with Crippen molar-refractivity contribution in [1.29, 1.82) is 0 Å². The van der Waals surface area contributed by atoms with E-state index in [-0.39, 0.29) is 0 Å². The Morgan fingerprint density at radius 2 is 1.24 bits per heavy atom. The van der Waals surface area contributed by atoms with Gasteiger partial charge in [0.05, 0.1) is 0 Å². The fraction of sp³-hybridized carbons (Fsp3) is 0. The lowest BCUT2D eigenvalue weighted by atomic mass is 9.91. The summed E-state index contributed by atoms with van der Waals surface area (Å²) in [5, 5.41) is 0. The molecule has 0 heterocycles. The van der Waals surface area contributed by atoms with Crippen molar-refractivity contribution in [2.45, 2.75) is 0 Å². The van der Waals surface area contributed by atoms with Crippen LogP contribution in [-0.2, 0) is 0 Å². The molecule has 1 radical (unpaired) electrons. The van der Waals surface area contributed by atoms with Gasteiger partial charge in [-0.15, -0.1) is 0 Å². The highest BCUT2D eigenvalue weighted by atomic mass is 14.2. The first-order chi connectivity index (χ1) is 10.4. The summed E-state index contributed by atoms with van der Waals surface area (Å²) >= 11 is 0. The SMILES string of the molecule is [CH]1C=Cc2cc(-c3ccccc3)cc(-c3ccccc3)c21. The van der Waals surface area contributed by atoms with Gasteiger partial charge >= 0.3 is 0 Å². The van der Waals surface area contributed by atoms with Gasteiger partial charge in [-0.05, 0) is 45.5 Å². The Morgan fingerprint density at radius 3 is 1.95 bits per heavy atom. The van der Waals surface area contributed by atoms with E-state index in [4.69, 9.17) is 0 Å². The van der Waals surface area contributed by atoms with Crippen LogP contribution in [-0.4, -0.2) is 0 Å². The van der Waals surface area contributed by atoms with E-state index in [1.807, 2.05) is 0 Å². The normalized spacial score (nSPS) is 12.4. The summed E-state index contributed by atoms with van der Waals surface area (Å²) < 4.78 is 0. The van der Waals surface area contributed by atoms with E-state index in [9.17, 15) is 0 Å². The number of allylic oxidation sites excluding steroid dienone is 1. The molecule has 0 aliphatic heterocycles.